The Kier molecular flexibility index (Phi) is 3.64. The maximum absolute atomic E-state index is 12.5. The van der Waals surface area contributed by atoms with Gasteiger partial charge in [-0.15, -0.1) is 0 Å². The minimum atomic E-state index is -0.168. The van der Waals surface area contributed by atoms with Crippen molar-refractivity contribution in [1.29, 1.82) is 0 Å². The first kappa shape index (κ1) is 15.3. The van der Waals surface area contributed by atoms with Crippen LogP contribution in [0, 0.1) is 6.92 Å². The quantitative estimate of drug-likeness (QED) is 0.831. The average Bonchev–Trinajstić information content (AvgIpc) is 3.28. The second-order valence-corrected chi connectivity index (χ2v) is 6.70. The van der Waals surface area contributed by atoms with Crippen LogP contribution in [0.25, 0.3) is 0 Å². The van der Waals surface area contributed by atoms with Gasteiger partial charge in [-0.2, -0.15) is 10.1 Å². The largest absolute Gasteiger partial charge is 0.362 e. The molecule has 2 fully saturated rings. The molecule has 0 aromatic carbocycles. The standard InChI is InChI=1S/C16H21N5O3/c1-11-18-14(24-19-11)13-3-4-16(23-13)5-7-21(8-6-16)15(22)12-9-17-20(2)10-12/h9-10,13H,3-8H2,1-2H3/t13-/m1/s1. The van der Waals surface area contributed by atoms with Gasteiger partial charge in [0, 0.05) is 26.3 Å². The zero-order chi connectivity index (χ0) is 16.7. The molecule has 2 saturated heterocycles. The summed E-state index contributed by atoms with van der Waals surface area (Å²) in [7, 11) is 1.81. The highest BCUT2D eigenvalue weighted by atomic mass is 16.5. The van der Waals surface area contributed by atoms with Crippen molar-refractivity contribution in [3.05, 3.63) is 29.7 Å². The minimum Gasteiger partial charge on any atom is -0.362 e. The van der Waals surface area contributed by atoms with E-state index in [1.807, 2.05) is 11.9 Å². The van der Waals surface area contributed by atoms with E-state index in [1.165, 1.54) is 0 Å². The van der Waals surface area contributed by atoms with E-state index >= 15 is 0 Å². The fourth-order valence-electron chi connectivity index (χ4n) is 3.63. The van der Waals surface area contributed by atoms with Gasteiger partial charge in [0.2, 0.25) is 0 Å². The van der Waals surface area contributed by atoms with Gasteiger partial charge < -0.3 is 14.2 Å². The molecule has 4 heterocycles. The Morgan fingerprint density at radius 2 is 2.12 bits per heavy atom. The number of carbonyl (C=O) groups excluding carboxylic acids is 1. The summed E-state index contributed by atoms with van der Waals surface area (Å²) >= 11 is 0. The number of ether oxygens (including phenoxy) is 1. The van der Waals surface area contributed by atoms with Crippen LogP contribution in [-0.2, 0) is 11.8 Å². The van der Waals surface area contributed by atoms with Gasteiger partial charge in [-0.1, -0.05) is 5.16 Å². The Morgan fingerprint density at radius 1 is 1.33 bits per heavy atom. The predicted molar refractivity (Wildman–Crippen MR) is 83.2 cm³/mol. The van der Waals surface area contributed by atoms with Gasteiger partial charge in [0.25, 0.3) is 11.8 Å². The summed E-state index contributed by atoms with van der Waals surface area (Å²) in [6, 6.07) is 0. The number of aryl methyl sites for hydroxylation is 2. The number of nitrogens with zero attached hydrogens (tertiary/aromatic N) is 5. The number of likely N-dealkylation sites (tertiary alicyclic amines) is 1. The third-order valence-electron chi connectivity index (χ3n) is 4.99. The SMILES string of the molecule is Cc1noc([C@H]2CCC3(CCN(C(=O)c4cnn(C)c4)CC3)O2)n1. The second-order valence-electron chi connectivity index (χ2n) is 6.70. The number of aromatic nitrogens is 4. The van der Waals surface area contributed by atoms with Crippen LogP contribution in [0.4, 0.5) is 0 Å². The van der Waals surface area contributed by atoms with Gasteiger partial charge in [-0.3, -0.25) is 9.48 Å². The number of carbonyl (C=O) groups is 1. The summed E-state index contributed by atoms with van der Waals surface area (Å²) in [5.74, 6) is 1.24. The van der Waals surface area contributed by atoms with E-state index in [0.29, 0.717) is 30.4 Å². The molecule has 4 rings (SSSR count). The fraction of sp³-hybridized carbons (Fsp3) is 0.625. The van der Waals surface area contributed by atoms with Gasteiger partial charge in [0.15, 0.2) is 5.82 Å². The van der Waals surface area contributed by atoms with Gasteiger partial charge in [0.1, 0.15) is 6.10 Å². The molecule has 1 atom stereocenters. The van der Waals surface area contributed by atoms with Gasteiger partial charge in [0.05, 0.1) is 17.4 Å². The summed E-state index contributed by atoms with van der Waals surface area (Å²) in [5.41, 5.74) is 0.471. The van der Waals surface area contributed by atoms with Crippen LogP contribution in [0.15, 0.2) is 16.9 Å². The smallest absolute Gasteiger partial charge is 0.257 e. The molecule has 0 radical (unpaired) electrons. The summed E-state index contributed by atoms with van der Waals surface area (Å²) in [6.07, 6.45) is 6.78. The highest BCUT2D eigenvalue weighted by molar-refractivity contribution is 5.93. The van der Waals surface area contributed by atoms with E-state index in [1.54, 1.807) is 24.0 Å². The average molecular weight is 331 g/mol. The first-order chi connectivity index (χ1) is 11.5. The van der Waals surface area contributed by atoms with Crippen LogP contribution in [-0.4, -0.2) is 49.4 Å². The molecular formula is C16H21N5O3. The molecule has 8 nitrogen and oxygen atoms in total. The van der Waals surface area contributed by atoms with Gasteiger partial charge >= 0.3 is 0 Å². The van der Waals surface area contributed by atoms with E-state index in [9.17, 15) is 4.79 Å². The minimum absolute atomic E-state index is 0.0417. The third-order valence-corrected chi connectivity index (χ3v) is 4.99. The van der Waals surface area contributed by atoms with Crippen molar-refractivity contribution >= 4 is 5.91 Å². The Morgan fingerprint density at radius 3 is 2.75 bits per heavy atom. The molecule has 0 unspecified atom stereocenters. The maximum atomic E-state index is 12.5. The number of hydrogen-bond acceptors (Lipinski definition) is 6. The molecule has 0 bridgehead atoms. The van der Waals surface area contributed by atoms with E-state index in [-0.39, 0.29) is 17.6 Å². The van der Waals surface area contributed by atoms with Crippen molar-refractivity contribution in [2.75, 3.05) is 13.1 Å². The molecule has 24 heavy (non-hydrogen) atoms. The Hall–Kier alpha value is -2.22. The zero-order valence-corrected chi connectivity index (χ0v) is 13.9. The first-order valence-electron chi connectivity index (χ1n) is 8.31. The topological polar surface area (TPSA) is 86.3 Å². The maximum Gasteiger partial charge on any atom is 0.257 e. The summed E-state index contributed by atoms with van der Waals surface area (Å²) < 4.78 is 13.2. The number of hydrogen-bond donors (Lipinski definition) is 0. The zero-order valence-electron chi connectivity index (χ0n) is 13.9. The summed E-state index contributed by atoms with van der Waals surface area (Å²) in [6.45, 7) is 3.20. The van der Waals surface area contributed by atoms with E-state index in [0.717, 1.165) is 25.7 Å². The van der Waals surface area contributed by atoms with E-state index < -0.39 is 0 Å². The van der Waals surface area contributed by atoms with Gasteiger partial charge in [-0.05, 0) is 32.6 Å². The predicted octanol–water partition coefficient (Wildman–Crippen LogP) is 1.64. The van der Waals surface area contributed by atoms with Crippen molar-refractivity contribution in [2.24, 2.45) is 7.05 Å². The molecular weight excluding hydrogens is 310 g/mol. The molecule has 2 aliphatic rings. The van der Waals surface area contributed by atoms with Crippen LogP contribution in [0.3, 0.4) is 0 Å². The van der Waals surface area contributed by atoms with Crippen molar-refractivity contribution in [1.82, 2.24) is 24.8 Å². The molecule has 1 amide bonds. The molecule has 2 aromatic heterocycles. The lowest BCUT2D eigenvalue weighted by Gasteiger charge is -2.38. The first-order valence-corrected chi connectivity index (χ1v) is 8.31. The second kappa shape index (κ2) is 5.70. The molecule has 2 aliphatic heterocycles. The molecule has 8 heteroatoms. The van der Waals surface area contributed by atoms with Crippen LogP contribution in [0.1, 0.15) is 53.9 Å². The number of piperidine rings is 1. The Balaban J connectivity index is 1.38. The number of rotatable bonds is 2. The van der Waals surface area contributed by atoms with Crippen LogP contribution in [0.5, 0.6) is 0 Å². The van der Waals surface area contributed by atoms with Crippen molar-refractivity contribution in [3.8, 4) is 0 Å². The molecule has 0 saturated carbocycles. The molecule has 0 aliphatic carbocycles. The third kappa shape index (κ3) is 2.71. The lowest BCUT2D eigenvalue weighted by Crippen LogP contribution is -2.46. The lowest BCUT2D eigenvalue weighted by atomic mass is 9.88. The lowest BCUT2D eigenvalue weighted by molar-refractivity contribution is -0.0820. The van der Waals surface area contributed by atoms with Crippen molar-refractivity contribution in [3.63, 3.8) is 0 Å². The normalized spacial score (nSPS) is 23.1. The highest BCUT2D eigenvalue weighted by Gasteiger charge is 2.45. The molecule has 128 valence electrons. The van der Waals surface area contributed by atoms with Crippen LogP contribution >= 0.6 is 0 Å². The molecule has 2 aromatic rings. The Bertz CT molecular complexity index is 744. The fourth-order valence-corrected chi connectivity index (χ4v) is 3.63. The molecule has 0 N–H and O–H groups in total. The van der Waals surface area contributed by atoms with Crippen LogP contribution < -0.4 is 0 Å². The van der Waals surface area contributed by atoms with Gasteiger partial charge in [-0.25, -0.2) is 0 Å². The summed E-state index contributed by atoms with van der Waals surface area (Å²) in [4.78, 5) is 18.7. The summed E-state index contributed by atoms with van der Waals surface area (Å²) in [5, 5.41) is 7.91. The number of amides is 1. The Labute approximate surface area is 139 Å². The van der Waals surface area contributed by atoms with Crippen LogP contribution in [0.2, 0.25) is 0 Å². The highest BCUT2D eigenvalue weighted by Crippen LogP contribution is 2.44. The monoisotopic (exact) mass is 331 g/mol. The van der Waals surface area contributed by atoms with E-state index in [2.05, 4.69) is 15.2 Å². The van der Waals surface area contributed by atoms with Crippen molar-refractivity contribution in [2.45, 2.75) is 44.3 Å². The van der Waals surface area contributed by atoms with Crippen molar-refractivity contribution < 1.29 is 14.1 Å². The molecule has 1 spiro atoms. The van der Waals surface area contributed by atoms with E-state index in [4.69, 9.17) is 9.26 Å².